The number of rotatable bonds is 5. The number of carbonyl (C=O) groups excluding carboxylic acids is 2. The zero-order chi connectivity index (χ0) is 21.3. The zero-order valence-electron chi connectivity index (χ0n) is 14.1. The summed E-state index contributed by atoms with van der Waals surface area (Å²) in [4.78, 5) is 23.5. The van der Waals surface area contributed by atoms with Gasteiger partial charge in [0.25, 0.3) is 0 Å². The lowest BCUT2D eigenvalue weighted by Gasteiger charge is -2.36. The van der Waals surface area contributed by atoms with Crippen molar-refractivity contribution >= 4 is 21.7 Å². The predicted molar refractivity (Wildman–Crippen MR) is 76.4 cm³/mol. The summed E-state index contributed by atoms with van der Waals surface area (Å²) in [5, 5.41) is 0. The molecule has 2 saturated carbocycles. The maximum Gasteiger partial charge on any atom is 0.460 e. The molecule has 2 bridgehead atoms. The number of hydrogen-bond acceptors (Lipinski definition) is 4. The lowest BCUT2D eigenvalue weighted by molar-refractivity contribution is -0.343. The van der Waals surface area contributed by atoms with Gasteiger partial charge in [0.1, 0.15) is 5.78 Å². The van der Waals surface area contributed by atoms with Crippen LogP contribution < -0.4 is 4.72 Å². The van der Waals surface area contributed by atoms with Gasteiger partial charge in [0, 0.05) is 6.42 Å². The summed E-state index contributed by atoms with van der Waals surface area (Å²) in [5.41, 5.74) is -2.38. The molecule has 0 aromatic heterocycles. The van der Waals surface area contributed by atoms with Crippen LogP contribution in [0, 0.1) is 16.7 Å². The zero-order valence-corrected chi connectivity index (χ0v) is 14.9. The minimum atomic E-state index is -6.78. The first-order valence-electron chi connectivity index (χ1n) is 7.72. The number of fused-ring (bicyclic) bond motifs is 2. The Morgan fingerprint density at radius 2 is 1.67 bits per heavy atom. The Bertz CT molecular complexity index is 775. The van der Waals surface area contributed by atoms with E-state index in [1.54, 1.807) is 13.8 Å². The maximum absolute atomic E-state index is 13.3. The van der Waals surface area contributed by atoms with Gasteiger partial charge in [-0.1, -0.05) is 13.8 Å². The van der Waals surface area contributed by atoms with E-state index in [9.17, 15) is 48.7 Å². The van der Waals surface area contributed by atoms with Gasteiger partial charge in [-0.2, -0.15) is 30.7 Å². The minimum absolute atomic E-state index is 0.0404. The van der Waals surface area contributed by atoms with Crippen molar-refractivity contribution in [2.75, 3.05) is 5.75 Å². The van der Waals surface area contributed by atoms with Gasteiger partial charge in [-0.3, -0.25) is 9.59 Å². The van der Waals surface area contributed by atoms with E-state index in [4.69, 9.17) is 0 Å². The third-order valence-electron chi connectivity index (χ3n) is 5.86. The number of alkyl halides is 7. The smallest absolute Gasteiger partial charge is 0.299 e. The van der Waals surface area contributed by atoms with Crippen LogP contribution in [-0.2, 0) is 19.6 Å². The summed E-state index contributed by atoms with van der Waals surface area (Å²) < 4.78 is 114. The monoisotopic (exact) mass is 427 g/mol. The standard InChI is InChI=1S/C14H16F7NO4S/c1-10(2)7-3-4-11(10,8(23)5-7)6-27(25,26)22-9(24)12(15,16)13(17,18)14(19,20)21/h7H,3-6H2,1-2H3,(H,22,24). The van der Waals surface area contributed by atoms with Crippen LogP contribution in [0.15, 0.2) is 0 Å². The fraction of sp³-hybridized carbons (Fsp3) is 0.857. The maximum atomic E-state index is 13.3. The molecule has 0 heterocycles. The van der Waals surface area contributed by atoms with Gasteiger partial charge in [0.05, 0.1) is 11.2 Å². The Balaban J connectivity index is 2.27. The molecule has 5 nitrogen and oxygen atoms in total. The molecule has 1 amide bonds. The summed E-state index contributed by atoms with van der Waals surface area (Å²) in [7, 11) is -5.10. The van der Waals surface area contributed by atoms with Crippen molar-refractivity contribution in [1.29, 1.82) is 0 Å². The van der Waals surface area contributed by atoms with Crippen molar-refractivity contribution in [2.24, 2.45) is 16.7 Å². The van der Waals surface area contributed by atoms with Crippen LogP contribution in [0.1, 0.15) is 33.1 Å². The summed E-state index contributed by atoms with van der Waals surface area (Å²) in [5.74, 6) is -18.2. The van der Waals surface area contributed by atoms with Gasteiger partial charge in [-0.15, -0.1) is 0 Å². The first-order chi connectivity index (χ1) is 11.8. The molecular formula is C14H16F7NO4S. The molecule has 2 fully saturated rings. The second-order valence-electron chi connectivity index (χ2n) is 7.50. The fourth-order valence-corrected chi connectivity index (χ4v) is 5.80. The SMILES string of the molecule is CC1(C)C2CCC1(CS(=O)(=O)NC(=O)C(F)(F)C(F)(F)C(F)(F)F)C(=O)C2. The lowest BCUT2D eigenvalue weighted by Crippen LogP contribution is -2.60. The van der Waals surface area contributed by atoms with Crippen LogP contribution >= 0.6 is 0 Å². The quantitative estimate of drug-likeness (QED) is 0.685. The Kier molecular flexibility index (Phi) is 4.70. The van der Waals surface area contributed by atoms with Gasteiger partial charge in [-0.25, -0.2) is 13.1 Å². The van der Waals surface area contributed by atoms with Crippen molar-refractivity contribution in [3.05, 3.63) is 0 Å². The van der Waals surface area contributed by atoms with Gasteiger partial charge in [0.2, 0.25) is 10.0 Å². The summed E-state index contributed by atoms with van der Waals surface area (Å²) >= 11 is 0. The predicted octanol–water partition coefficient (Wildman–Crippen LogP) is 2.66. The van der Waals surface area contributed by atoms with Gasteiger partial charge in [-0.05, 0) is 24.2 Å². The molecule has 2 rings (SSSR count). The first kappa shape index (κ1) is 21.9. The molecule has 0 spiro atoms. The molecule has 1 N–H and O–H groups in total. The Hall–Kier alpha value is -1.40. The van der Waals surface area contributed by atoms with E-state index < -0.39 is 56.3 Å². The molecule has 0 saturated heterocycles. The van der Waals surface area contributed by atoms with E-state index >= 15 is 0 Å². The second-order valence-corrected chi connectivity index (χ2v) is 9.23. The Morgan fingerprint density at radius 1 is 1.15 bits per heavy atom. The van der Waals surface area contributed by atoms with E-state index in [1.807, 2.05) is 0 Å². The molecule has 2 aliphatic carbocycles. The number of carbonyl (C=O) groups is 2. The highest BCUT2D eigenvalue weighted by atomic mass is 32.2. The van der Waals surface area contributed by atoms with Crippen LogP contribution in [0.3, 0.4) is 0 Å². The largest absolute Gasteiger partial charge is 0.460 e. The molecule has 2 aliphatic rings. The Morgan fingerprint density at radius 3 is 2.04 bits per heavy atom. The number of sulfonamides is 1. The topological polar surface area (TPSA) is 80.3 Å². The second kappa shape index (κ2) is 5.80. The highest BCUT2D eigenvalue weighted by Crippen LogP contribution is 2.64. The molecule has 27 heavy (non-hydrogen) atoms. The van der Waals surface area contributed by atoms with Crippen LogP contribution in [-0.4, -0.2) is 43.9 Å². The average molecular weight is 427 g/mol. The van der Waals surface area contributed by atoms with Crippen LogP contribution in [0.25, 0.3) is 0 Å². The number of hydrogen-bond donors (Lipinski definition) is 1. The van der Waals surface area contributed by atoms with E-state index in [0.29, 0.717) is 11.1 Å². The van der Waals surface area contributed by atoms with Crippen LogP contribution in [0.2, 0.25) is 0 Å². The molecule has 0 aromatic carbocycles. The normalized spacial score (nSPS) is 28.5. The summed E-state index contributed by atoms with van der Waals surface area (Å²) in [6.45, 7) is 3.17. The van der Waals surface area contributed by atoms with Crippen molar-refractivity contribution in [3.8, 4) is 0 Å². The van der Waals surface area contributed by atoms with Crippen molar-refractivity contribution in [2.45, 2.75) is 51.1 Å². The Labute approximate surface area is 149 Å². The van der Waals surface area contributed by atoms with Crippen molar-refractivity contribution in [3.63, 3.8) is 0 Å². The molecule has 0 aliphatic heterocycles. The van der Waals surface area contributed by atoms with Crippen molar-refractivity contribution in [1.82, 2.24) is 4.72 Å². The van der Waals surface area contributed by atoms with Crippen molar-refractivity contribution < 1.29 is 48.7 Å². The van der Waals surface area contributed by atoms with E-state index in [-0.39, 0.29) is 18.8 Å². The van der Waals surface area contributed by atoms with Gasteiger partial charge < -0.3 is 0 Å². The highest BCUT2D eigenvalue weighted by Gasteiger charge is 2.76. The van der Waals surface area contributed by atoms with Gasteiger partial charge in [0.15, 0.2) is 0 Å². The van der Waals surface area contributed by atoms with E-state index in [0.717, 1.165) is 0 Å². The third-order valence-corrected chi connectivity index (χ3v) is 7.23. The molecule has 2 unspecified atom stereocenters. The fourth-order valence-electron chi connectivity index (χ4n) is 3.99. The van der Waals surface area contributed by atoms with Gasteiger partial charge >= 0.3 is 23.9 Å². The molecule has 13 heteroatoms. The molecule has 2 atom stereocenters. The summed E-state index contributed by atoms with van der Waals surface area (Å²) in [6.07, 6.45) is -6.20. The van der Waals surface area contributed by atoms with E-state index in [2.05, 4.69) is 0 Å². The highest BCUT2D eigenvalue weighted by molar-refractivity contribution is 7.90. The molecular weight excluding hydrogens is 411 g/mol. The number of halogens is 7. The minimum Gasteiger partial charge on any atom is -0.299 e. The number of nitrogens with one attached hydrogen (secondary N) is 1. The molecule has 156 valence electrons. The number of ketones is 1. The number of Topliss-reactive ketones (excluding diaryl/α,β-unsaturated/α-hetero) is 1. The molecule has 0 radical (unpaired) electrons. The third kappa shape index (κ3) is 3.01. The lowest BCUT2D eigenvalue weighted by atomic mass is 9.70. The summed E-state index contributed by atoms with van der Waals surface area (Å²) in [6, 6.07) is 0. The van der Waals surface area contributed by atoms with Crippen LogP contribution in [0.5, 0.6) is 0 Å². The van der Waals surface area contributed by atoms with Crippen LogP contribution in [0.4, 0.5) is 30.7 Å². The van der Waals surface area contributed by atoms with E-state index in [1.165, 1.54) is 0 Å². The average Bonchev–Trinajstić information content (AvgIpc) is 2.78. The first-order valence-corrected chi connectivity index (χ1v) is 9.38. The number of amides is 1. The molecule has 0 aromatic rings.